The van der Waals surface area contributed by atoms with Crippen molar-refractivity contribution in [2.75, 3.05) is 43.4 Å². The maximum Gasteiger partial charge on any atom is 0.313 e. The van der Waals surface area contributed by atoms with Crippen molar-refractivity contribution in [2.45, 2.75) is 18.2 Å². The topological polar surface area (TPSA) is 69.6 Å². The van der Waals surface area contributed by atoms with Crippen LogP contribution in [0.4, 0.5) is 5.13 Å². The van der Waals surface area contributed by atoms with E-state index in [0.29, 0.717) is 5.92 Å². The summed E-state index contributed by atoms with van der Waals surface area (Å²) in [5.74, 6) is -0.0901. The first kappa shape index (κ1) is 15.5. The van der Waals surface area contributed by atoms with Gasteiger partial charge in [-0.1, -0.05) is 36.9 Å². The Bertz CT molecular complexity index is 444. The van der Waals surface area contributed by atoms with Gasteiger partial charge >= 0.3 is 5.97 Å². The van der Waals surface area contributed by atoms with Gasteiger partial charge in [0.1, 0.15) is 0 Å². The van der Waals surface area contributed by atoms with Crippen LogP contribution < -0.4 is 4.90 Å². The molecule has 1 N–H and O–H groups in total. The number of carboxylic acids is 1. The molecule has 6 nitrogen and oxygen atoms in total. The number of aromatic nitrogens is 2. The molecule has 0 saturated carbocycles. The fourth-order valence-corrected chi connectivity index (χ4v) is 3.76. The number of hydrogen-bond acceptors (Lipinski definition) is 7. The first-order valence-corrected chi connectivity index (χ1v) is 8.50. The van der Waals surface area contributed by atoms with Gasteiger partial charge < -0.3 is 10.0 Å². The average Bonchev–Trinajstić information content (AvgIpc) is 2.85. The molecule has 1 aliphatic heterocycles. The Balaban J connectivity index is 1.83. The van der Waals surface area contributed by atoms with Gasteiger partial charge in [-0.2, -0.15) is 0 Å². The second-order valence-corrected chi connectivity index (χ2v) is 7.39. The molecule has 0 amide bonds. The van der Waals surface area contributed by atoms with Crippen LogP contribution in [-0.4, -0.2) is 64.6 Å². The van der Waals surface area contributed by atoms with Gasteiger partial charge in [-0.05, 0) is 5.92 Å². The fraction of sp³-hybridized carbons (Fsp3) is 0.750. The molecule has 0 atom stereocenters. The number of rotatable bonds is 6. The molecule has 0 unspecified atom stereocenters. The van der Waals surface area contributed by atoms with E-state index in [0.717, 1.165) is 42.2 Å². The molecule has 1 aliphatic rings. The van der Waals surface area contributed by atoms with E-state index in [1.54, 1.807) is 0 Å². The number of thioether (sulfide) groups is 1. The lowest BCUT2D eigenvalue weighted by Crippen LogP contribution is -2.47. The molecular formula is C12H20N4O2S2. The van der Waals surface area contributed by atoms with E-state index in [-0.39, 0.29) is 5.75 Å². The van der Waals surface area contributed by atoms with Crippen LogP contribution >= 0.6 is 23.1 Å². The Kier molecular flexibility index (Phi) is 5.62. The van der Waals surface area contributed by atoms with Crippen LogP contribution in [-0.2, 0) is 4.79 Å². The summed E-state index contributed by atoms with van der Waals surface area (Å²) in [5.41, 5.74) is 0. The summed E-state index contributed by atoms with van der Waals surface area (Å²) >= 11 is 2.71. The Hall–Kier alpha value is -0.860. The molecule has 2 heterocycles. The predicted octanol–water partition coefficient (Wildman–Crippen LogP) is 1.49. The van der Waals surface area contributed by atoms with Crippen molar-refractivity contribution in [3.63, 3.8) is 0 Å². The van der Waals surface area contributed by atoms with Crippen molar-refractivity contribution >= 4 is 34.2 Å². The van der Waals surface area contributed by atoms with Crippen LogP contribution in [0.3, 0.4) is 0 Å². The fourth-order valence-electron chi connectivity index (χ4n) is 2.15. The zero-order valence-corrected chi connectivity index (χ0v) is 13.4. The van der Waals surface area contributed by atoms with Crippen molar-refractivity contribution in [1.82, 2.24) is 15.1 Å². The molecule has 1 aromatic heterocycles. The second kappa shape index (κ2) is 7.24. The summed E-state index contributed by atoms with van der Waals surface area (Å²) in [7, 11) is 0. The molecule has 0 bridgehead atoms. The third-order valence-electron chi connectivity index (χ3n) is 2.98. The summed E-state index contributed by atoms with van der Waals surface area (Å²) in [6, 6.07) is 0. The Labute approximate surface area is 127 Å². The van der Waals surface area contributed by atoms with E-state index < -0.39 is 5.97 Å². The van der Waals surface area contributed by atoms with Crippen LogP contribution in [0.15, 0.2) is 4.34 Å². The standard InChI is InChI=1S/C12H20N4O2S2/c1-9(2)7-15-3-5-16(6-4-15)11-13-14-12(20-11)19-8-10(17)18/h9H,3-8H2,1-2H3,(H,17,18). The van der Waals surface area contributed by atoms with E-state index in [9.17, 15) is 4.79 Å². The zero-order valence-electron chi connectivity index (χ0n) is 11.8. The van der Waals surface area contributed by atoms with Crippen molar-refractivity contribution < 1.29 is 9.90 Å². The number of carboxylic acid groups (broad SMARTS) is 1. The van der Waals surface area contributed by atoms with Gasteiger partial charge in [0.2, 0.25) is 5.13 Å². The smallest absolute Gasteiger partial charge is 0.313 e. The van der Waals surface area contributed by atoms with Gasteiger partial charge in [-0.3, -0.25) is 9.69 Å². The van der Waals surface area contributed by atoms with E-state index >= 15 is 0 Å². The van der Waals surface area contributed by atoms with Crippen molar-refractivity contribution in [2.24, 2.45) is 5.92 Å². The highest BCUT2D eigenvalue weighted by Gasteiger charge is 2.20. The summed E-state index contributed by atoms with van der Waals surface area (Å²) in [4.78, 5) is 15.2. The number of carbonyl (C=O) groups is 1. The number of anilines is 1. The average molecular weight is 316 g/mol. The summed E-state index contributed by atoms with van der Waals surface area (Å²) in [5, 5.41) is 17.8. The first-order chi connectivity index (χ1) is 9.54. The number of piperazine rings is 1. The summed E-state index contributed by atoms with van der Waals surface area (Å²) in [6.07, 6.45) is 0. The Morgan fingerprint density at radius 3 is 2.65 bits per heavy atom. The van der Waals surface area contributed by atoms with Crippen molar-refractivity contribution in [3.8, 4) is 0 Å². The molecule has 8 heteroatoms. The van der Waals surface area contributed by atoms with E-state index in [4.69, 9.17) is 5.11 Å². The van der Waals surface area contributed by atoms with Crippen LogP contribution in [0.1, 0.15) is 13.8 Å². The first-order valence-electron chi connectivity index (χ1n) is 6.70. The molecule has 0 aliphatic carbocycles. The van der Waals surface area contributed by atoms with Gasteiger partial charge in [0.15, 0.2) is 4.34 Å². The SMILES string of the molecule is CC(C)CN1CCN(c2nnc(SCC(=O)O)s2)CC1. The minimum absolute atomic E-state index is 0.0385. The molecule has 20 heavy (non-hydrogen) atoms. The quantitative estimate of drug-likeness (QED) is 0.797. The van der Waals surface area contributed by atoms with E-state index in [1.807, 2.05) is 0 Å². The lowest BCUT2D eigenvalue weighted by Gasteiger charge is -2.35. The van der Waals surface area contributed by atoms with Crippen LogP contribution in [0, 0.1) is 5.92 Å². The van der Waals surface area contributed by atoms with Crippen molar-refractivity contribution in [3.05, 3.63) is 0 Å². The molecule has 2 rings (SSSR count). The van der Waals surface area contributed by atoms with Crippen LogP contribution in [0.25, 0.3) is 0 Å². The van der Waals surface area contributed by atoms with Gasteiger partial charge in [-0.25, -0.2) is 0 Å². The summed E-state index contributed by atoms with van der Waals surface area (Å²) < 4.78 is 0.729. The van der Waals surface area contributed by atoms with Gasteiger partial charge in [-0.15, -0.1) is 10.2 Å². The largest absolute Gasteiger partial charge is 0.481 e. The number of aliphatic carboxylic acids is 1. The Morgan fingerprint density at radius 1 is 1.35 bits per heavy atom. The molecule has 1 saturated heterocycles. The second-order valence-electron chi connectivity index (χ2n) is 5.21. The highest BCUT2D eigenvalue weighted by atomic mass is 32.2. The normalized spacial score (nSPS) is 16.9. The zero-order chi connectivity index (χ0) is 14.5. The van der Waals surface area contributed by atoms with E-state index in [2.05, 4.69) is 33.8 Å². The number of nitrogens with zero attached hydrogens (tertiary/aromatic N) is 4. The maximum atomic E-state index is 10.5. The Morgan fingerprint density at radius 2 is 2.05 bits per heavy atom. The van der Waals surface area contributed by atoms with Gasteiger partial charge in [0.05, 0.1) is 5.75 Å². The highest BCUT2D eigenvalue weighted by molar-refractivity contribution is 8.01. The number of hydrogen-bond donors (Lipinski definition) is 1. The highest BCUT2D eigenvalue weighted by Crippen LogP contribution is 2.28. The minimum atomic E-state index is -0.825. The molecule has 1 fully saturated rings. The third-order valence-corrected chi connectivity index (χ3v) is 5.08. The van der Waals surface area contributed by atoms with Crippen LogP contribution in [0.2, 0.25) is 0 Å². The molecule has 0 spiro atoms. The van der Waals surface area contributed by atoms with E-state index in [1.165, 1.54) is 23.1 Å². The molecule has 1 aromatic rings. The van der Waals surface area contributed by atoms with Gasteiger partial charge in [0.25, 0.3) is 0 Å². The predicted molar refractivity (Wildman–Crippen MR) is 81.8 cm³/mol. The van der Waals surface area contributed by atoms with Crippen molar-refractivity contribution in [1.29, 1.82) is 0 Å². The third kappa shape index (κ3) is 4.60. The molecule has 0 radical (unpaired) electrons. The molecule has 112 valence electrons. The van der Waals surface area contributed by atoms with Crippen LogP contribution in [0.5, 0.6) is 0 Å². The molecular weight excluding hydrogens is 296 g/mol. The lowest BCUT2D eigenvalue weighted by molar-refractivity contribution is -0.133. The monoisotopic (exact) mass is 316 g/mol. The summed E-state index contributed by atoms with van der Waals surface area (Å²) in [6.45, 7) is 9.65. The lowest BCUT2D eigenvalue weighted by atomic mass is 10.2. The maximum absolute atomic E-state index is 10.5. The minimum Gasteiger partial charge on any atom is -0.481 e. The molecule has 0 aromatic carbocycles. The van der Waals surface area contributed by atoms with Gasteiger partial charge in [0, 0.05) is 32.7 Å².